The Morgan fingerprint density at radius 2 is 1.85 bits per heavy atom. The summed E-state index contributed by atoms with van der Waals surface area (Å²) in [6.07, 6.45) is 8.87. The number of allylic oxidation sites excluding steroid dienone is 3. The lowest BCUT2D eigenvalue weighted by atomic mass is 10.1. The molecular weight excluding hydrogens is 430 g/mol. The van der Waals surface area contributed by atoms with Gasteiger partial charge in [-0.15, -0.1) is 0 Å². The zero-order valence-corrected chi connectivity index (χ0v) is 21.4. The van der Waals surface area contributed by atoms with Gasteiger partial charge in [0.25, 0.3) is 5.91 Å². The first kappa shape index (κ1) is 27.2. The van der Waals surface area contributed by atoms with Gasteiger partial charge in [-0.25, -0.2) is 0 Å². The topological polar surface area (TPSA) is 79.9 Å². The first-order chi connectivity index (χ1) is 16.2. The van der Waals surface area contributed by atoms with Crippen LogP contribution in [-0.2, 0) is 9.59 Å². The Hall–Kier alpha value is -3.06. The number of carbonyl (C=O) groups excluding carboxylic acids is 2. The van der Waals surface area contributed by atoms with Crippen molar-refractivity contribution in [2.24, 2.45) is 0 Å². The van der Waals surface area contributed by atoms with E-state index in [9.17, 15) is 9.59 Å². The lowest BCUT2D eigenvalue weighted by Crippen LogP contribution is -2.53. The van der Waals surface area contributed by atoms with Crippen LogP contribution in [0.3, 0.4) is 0 Å². The number of rotatable bonds is 12. The van der Waals surface area contributed by atoms with Crippen LogP contribution in [0.4, 0.5) is 0 Å². The molecule has 1 heterocycles. The maximum Gasteiger partial charge on any atom is 0.268 e. The largest absolute Gasteiger partial charge is 0.490 e. The average Bonchev–Trinajstić information content (AvgIpc) is 2.76. The zero-order valence-electron chi connectivity index (χ0n) is 21.4. The van der Waals surface area contributed by atoms with E-state index in [2.05, 4.69) is 48.5 Å². The van der Waals surface area contributed by atoms with E-state index in [1.807, 2.05) is 32.3 Å². The fourth-order valence-electron chi connectivity index (χ4n) is 3.28. The Morgan fingerprint density at radius 1 is 1.09 bits per heavy atom. The van der Waals surface area contributed by atoms with Gasteiger partial charge in [-0.3, -0.25) is 9.59 Å². The fourth-order valence-corrected chi connectivity index (χ4v) is 3.28. The summed E-state index contributed by atoms with van der Waals surface area (Å²) in [7, 11) is 4.05. The summed E-state index contributed by atoms with van der Waals surface area (Å²) < 4.78 is 12.0. The monoisotopic (exact) mass is 469 g/mol. The molecule has 1 atom stereocenters. The third kappa shape index (κ3) is 9.43. The summed E-state index contributed by atoms with van der Waals surface area (Å²) in [6.45, 7) is 9.88. The van der Waals surface area contributed by atoms with Gasteiger partial charge >= 0.3 is 0 Å². The minimum atomic E-state index is -0.547. The normalized spacial score (nSPS) is 17.4. The van der Waals surface area contributed by atoms with Gasteiger partial charge in [0.1, 0.15) is 18.3 Å². The summed E-state index contributed by atoms with van der Waals surface area (Å²) in [6, 6.07) is 4.97. The van der Waals surface area contributed by atoms with Gasteiger partial charge in [-0.2, -0.15) is 0 Å². The van der Waals surface area contributed by atoms with Gasteiger partial charge in [0.15, 0.2) is 11.5 Å². The molecule has 7 heteroatoms. The van der Waals surface area contributed by atoms with Crippen molar-refractivity contribution in [3.63, 3.8) is 0 Å². The molecule has 0 saturated carbocycles. The van der Waals surface area contributed by atoms with Gasteiger partial charge in [0, 0.05) is 6.54 Å². The lowest BCUT2D eigenvalue weighted by Gasteiger charge is -2.22. The Bertz CT molecular complexity index is 943. The van der Waals surface area contributed by atoms with Crippen LogP contribution in [0, 0.1) is 0 Å². The number of nitrogens with one attached hydrogen (secondary N) is 2. The maximum absolute atomic E-state index is 12.2. The van der Waals surface area contributed by atoms with Crippen LogP contribution < -0.4 is 20.1 Å². The van der Waals surface area contributed by atoms with Crippen LogP contribution >= 0.6 is 0 Å². The van der Waals surface area contributed by atoms with E-state index < -0.39 is 6.04 Å². The predicted octanol–water partition coefficient (Wildman–Crippen LogP) is 4.06. The van der Waals surface area contributed by atoms with Crippen molar-refractivity contribution in [1.29, 1.82) is 0 Å². The van der Waals surface area contributed by atoms with E-state index in [0.29, 0.717) is 24.7 Å². The first-order valence-corrected chi connectivity index (χ1v) is 11.8. The fraction of sp³-hybridized carbons (Fsp3) is 0.481. The standard InChI is InChI=1S/C27H39N3O4/c1-19(2)9-7-10-20(3)13-16-34-24-12-11-22(18-25(24)33-15-8-14-30(5)6)17-23-27(32)28-21(4)26(31)29-23/h9,11-13,17-18,21H,7-8,10,14-16H2,1-6H3,(H,28,32)(H,29,31)/b20-13+,23-17-/t21-/m0/s1. The summed E-state index contributed by atoms with van der Waals surface area (Å²) in [5.74, 6) is 0.707. The predicted molar refractivity (Wildman–Crippen MR) is 137 cm³/mol. The molecule has 2 rings (SSSR count). The van der Waals surface area contributed by atoms with E-state index in [1.54, 1.807) is 13.0 Å². The molecule has 1 aromatic carbocycles. The van der Waals surface area contributed by atoms with Crippen molar-refractivity contribution < 1.29 is 19.1 Å². The zero-order chi connectivity index (χ0) is 25.1. The quantitative estimate of drug-likeness (QED) is 0.274. The van der Waals surface area contributed by atoms with E-state index in [4.69, 9.17) is 9.47 Å². The molecule has 1 aliphatic rings. The van der Waals surface area contributed by atoms with Gasteiger partial charge < -0.3 is 25.0 Å². The van der Waals surface area contributed by atoms with Crippen LogP contribution in [0.2, 0.25) is 0 Å². The van der Waals surface area contributed by atoms with Crippen molar-refractivity contribution in [3.05, 3.63) is 52.8 Å². The van der Waals surface area contributed by atoms with Crippen LogP contribution in [0.15, 0.2) is 47.2 Å². The molecule has 186 valence electrons. The molecule has 1 aliphatic heterocycles. The summed E-state index contributed by atoms with van der Waals surface area (Å²) in [4.78, 5) is 26.3. The highest BCUT2D eigenvalue weighted by Crippen LogP contribution is 2.30. The summed E-state index contributed by atoms with van der Waals surface area (Å²) >= 11 is 0. The van der Waals surface area contributed by atoms with Crippen LogP contribution in [0.5, 0.6) is 11.5 Å². The van der Waals surface area contributed by atoms with Crippen LogP contribution in [0.25, 0.3) is 6.08 Å². The molecule has 0 radical (unpaired) electrons. The third-order valence-electron chi connectivity index (χ3n) is 5.29. The average molecular weight is 470 g/mol. The Morgan fingerprint density at radius 3 is 2.56 bits per heavy atom. The highest BCUT2D eigenvalue weighted by molar-refractivity contribution is 6.07. The van der Waals surface area contributed by atoms with Gasteiger partial charge in [0.05, 0.1) is 6.61 Å². The van der Waals surface area contributed by atoms with Gasteiger partial charge in [0.2, 0.25) is 5.91 Å². The molecule has 0 bridgehead atoms. The second-order valence-electron chi connectivity index (χ2n) is 9.14. The number of hydrogen-bond acceptors (Lipinski definition) is 5. The van der Waals surface area contributed by atoms with Gasteiger partial charge in [-0.1, -0.05) is 23.3 Å². The number of amides is 2. The first-order valence-electron chi connectivity index (χ1n) is 11.8. The molecule has 7 nitrogen and oxygen atoms in total. The number of benzene rings is 1. The number of carbonyl (C=O) groups is 2. The molecule has 34 heavy (non-hydrogen) atoms. The van der Waals surface area contributed by atoms with E-state index in [-0.39, 0.29) is 17.5 Å². The van der Waals surface area contributed by atoms with Crippen molar-refractivity contribution in [2.75, 3.05) is 33.9 Å². The second-order valence-corrected chi connectivity index (χ2v) is 9.14. The molecular formula is C27H39N3O4. The van der Waals surface area contributed by atoms with Crippen molar-refractivity contribution in [1.82, 2.24) is 15.5 Å². The summed E-state index contributed by atoms with van der Waals surface area (Å²) in [5.41, 5.74) is 3.56. The number of piperazine rings is 1. The van der Waals surface area contributed by atoms with E-state index in [0.717, 1.165) is 31.4 Å². The molecule has 0 unspecified atom stereocenters. The Balaban J connectivity index is 2.13. The van der Waals surface area contributed by atoms with Crippen molar-refractivity contribution in [3.8, 4) is 11.5 Å². The molecule has 1 saturated heterocycles. The highest BCUT2D eigenvalue weighted by Gasteiger charge is 2.26. The number of hydrogen-bond donors (Lipinski definition) is 2. The minimum Gasteiger partial charge on any atom is -0.490 e. The Kier molecular flexibility index (Phi) is 10.9. The van der Waals surface area contributed by atoms with E-state index in [1.165, 1.54) is 11.1 Å². The molecule has 2 amide bonds. The molecule has 1 fully saturated rings. The second kappa shape index (κ2) is 13.6. The highest BCUT2D eigenvalue weighted by atomic mass is 16.5. The molecule has 0 aliphatic carbocycles. The SMILES string of the molecule is CC(C)=CCC/C(C)=C/COc1ccc(/C=C2\NC(=O)[C@H](C)NC2=O)cc1OCCCN(C)C. The maximum atomic E-state index is 12.2. The van der Waals surface area contributed by atoms with Crippen LogP contribution in [0.1, 0.15) is 52.5 Å². The molecule has 1 aromatic rings. The smallest absolute Gasteiger partial charge is 0.268 e. The van der Waals surface area contributed by atoms with Gasteiger partial charge in [-0.05, 0) is 90.9 Å². The summed E-state index contributed by atoms with van der Waals surface area (Å²) in [5, 5.41) is 5.30. The molecule has 0 aromatic heterocycles. The number of ether oxygens (including phenoxy) is 2. The Labute approximate surface area is 203 Å². The van der Waals surface area contributed by atoms with Crippen molar-refractivity contribution >= 4 is 17.9 Å². The van der Waals surface area contributed by atoms with Crippen LogP contribution in [-0.4, -0.2) is 56.6 Å². The lowest BCUT2D eigenvalue weighted by molar-refractivity contribution is -0.130. The van der Waals surface area contributed by atoms with Crippen molar-refractivity contribution in [2.45, 2.75) is 53.0 Å². The molecule has 2 N–H and O–H groups in total. The molecule has 0 spiro atoms. The number of nitrogens with zero attached hydrogens (tertiary/aromatic N) is 1. The third-order valence-corrected chi connectivity index (χ3v) is 5.29. The van der Waals surface area contributed by atoms with E-state index >= 15 is 0 Å². The minimum absolute atomic E-state index is 0.213.